The third kappa shape index (κ3) is 5.13. The fraction of sp³-hybridized carbons (Fsp3) is 0.727. The first-order valence-corrected chi connectivity index (χ1v) is 12.9. The van der Waals surface area contributed by atoms with Gasteiger partial charge in [0.15, 0.2) is 0 Å². The number of para-hydroxylation sites is 1. The van der Waals surface area contributed by atoms with E-state index in [9.17, 15) is 8.42 Å². The normalized spacial score (nSPS) is 34.1. The number of hydrogen-bond donors (Lipinski definition) is 1. The van der Waals surface area contributed by atoms with Crippen molar-refractivity contribution in [3.05, 3.63) is 29.8 Å². The molecule has 0 amide bonds. The number of sulfonamides is 1. The Kier molecular flexibility index (Phi) is 6.49. The van der Waals surface area contributed by atoms with Crippen LogP contribution in [0.25, 0.3) is 0 Å². The van der Waals surface area contributed by atoms with Gasteiger partial charge in [0.1, 0.15) is 12.4 Å². The van der Waals surface area contributed by atoms with Gasteiger partial charge < -0.3 is 9.47 Å². The largest absolute Gasteiger partial charge is 0.492 e. The maximum absolute atomic E-state index is 11.9. The van der Waals surface area contributed by atoms with Gasteiger partial charge in [0, 0.05) is 18.1 Å². The Bertz CT molecular complexity index is 792. The van der Waals surface area contributed by atoms with Crippen molar-refractivity contribution >= 4 is 10.0 Å². The standard InChI is InChI=1S/C22H34N2O4S/c1-16-14-28-22-8-4-3-6-19(22)17-9-11-18(12-10-17)27-15-21-20(23-29(2,25)26)7-5-13-24(16)21/h3-4,6,8,16-18,20-21,23H,5,7,9-15H2,1-2H3/t16-,17-,18+,20-,21-/m0/s1. The number of ether oxygens (including phenoxy) is 2. The van der Waals surface area contributed by atoms with E-state index in [0.717, 1.165) is 50.8 Å². The van der Waals surface area contributed by atoms with Crippen LogP contribution in [0.4, 0.5) is 0 Å². The highest BCUT2D eigenvalue weighted by Crippen LogP contribution is 2.39. The van der Waals surface area contributed by atoms with Crippen molar-refractivity contribution in [2.45, 2.75) is 75.6 Å². The van der Waals surface area contributed by atoms with Gasteiger partial charge in [-0.15, -0.1) is 0 Å². The summed E-state index contributed by atoms with van der Waals surface area (Å²) in [6.45, 7) is 4.27. The lowest BCUT2D eigenvalue weighted by atomic mass is 9.82. The highest BCUT2D eigenvalue weighted by Gasteiger charge is 2.37. The first-order chi connectivity index (χ1) is 13.9. The van der Waals surface area contributed by atoms with E-state index in [2.05, 4.69) is 34.7 Å². The Morgan fingerprint density at radius 2 is 1.83 bits per heavy atom. The average Bonchev–Trinajstić information content (AvgIpc) is 2.71. The van der Waals surface area contributed by atoms with Crippen molar-refractivity contribution in [1.82, 2.24) is 9.62 Å². The predicted octanol–water partition coefficient (Wildman–Crippen LogP) is 2.89. The molecule has 3 atom stereocenters. The summed E-state index contributed by atoms with van der Waals surface area (Å²) in [6, 6.07) is 8.55. The molecule has 1 saturated carbocycles. The summed E-state index contributed by atoms with van der Waals surface area (Å²) >= 11 is 0. The van der Waals surface area contributed by atoms with Crippen LogP contribution in [0.5, 0.6) is 5.75 Å². The van der Waals surface area contributed by atoms with Gasteiger partial charge in [-0.3, -0.25) is 4.90 Å². The van der Waals surface area contributed by atoms with Gasteiger partial charge in [-0.05, 0) is 69.5 Å². The molecule has 1 aromatic carbocycles. The first kappa shape index (κ1) is 21.1. The van der Waals surface area contributed by atoms with Gasteiger partial charge in [-0.2, -0.15) is 0 Å². The molecule has 0 radical (unpaired) electrons. The minimum absolute atomic E-state index is 0.0331. The van der Waals surface area contributed by atoms with Gasteiger partial charge >= 0.3 is 0 Å². The van der Waals surface area contributed by atoms with Crippen LogP contribution in [0, 0.1) is 0 Å². The van der Waals surface area contributed by atoms with E-state index in [4.69, 9.17) is 9.47 Å². The van der Waals surface area contributed by atoms with E-state index < -0.39 is 10.0 Å². The molecule has 162 valence electrons. The molecule has 7 heteroatoms. The highest BCUT2D eigenvalue weighted by atomic mass is 32.2. The lowest BCUT2D eigenvalue weighted by Gasteiger charge is -2.44. The number of rotatable bonds is 2. The molecule has 1 aromatic rings. The van der Waals surface area contributed by atoms with Gasteiger partial charge in [0.05, 0.1) is 19.0 Å². The molecule has 3 aliphatic heterocycles. The van der Waals surface area contributed by atoms with E-state index >= 15 is 0 Å². The molecule has 29 heavy (non-hydrogen) atoms. The van der Waals surface area contributed by atoms with Crippen LogP contribution in [0.2, 0.25) is 0 Å². The number of nitrogens with zero attached hydrogens (tertiary/aromatic N) is 1. The summed E-state index contributed by atoms with van der Waals surface area (Å²) in [5.41, 5.74) is 1.32. The van der Waals surface area contributed by atoms with Gasteiger partial charge in [0.2, 0.25) is 10.0 Å². The summed E-state index contributed by atoms with van der Waals surface area (Å²) in [4.78, 5) is 2.39. The summed E-state index contributed by atoms with van der Waals surface area (Å²) in [5.74, 6) is 1.53. The Morgan fingerprint density at radius 3 is 2.59 bits per heavy atom. The maximum Gasteiger partial charge on any atom is 0.209 e. The topological polar surface area (TPSA) is 67.9 Å². The molecular formula is C22H34N2O4S. The average molecular weight is 423 g/mol. The third-order valence-corrected chi connectivity index (χ3v) is 7.50. The van der Waals surface area contributed by atoms with Crippen molar-refractivity contribution in [3.8, 4) is 5.75 Å². The van der Waals surface area contributed by atoms with Crippen LogP contribution < -0.4 is 9.46 Å². The van der Waals surface area contributed by atoms with Crippen LogP contribution in [-0.4, -0.2) is 63.6 Å². The number of fused-ring (bicyclic) bond motifs is 5. The summed E-state index contributed by atoms with van der Waals surface area (Å²) in [6.07, 6.45) is 7.64. The summed E-state index contributed by atoms with van der Waals surface area (Å²) < 4.78 is 39.5. The second-order valence-corrected chi connectivity index (χ2v) is 10.7. The molecule has 0 aromatic heterocycles. The van der Waals surface area contributed by atoms with Crippen LogP contribution in [0.15, 0.2) is 24.3 Å². The molecule has 0 unspecified atom stereocenters. The van der Waals surface area contributed by atoms with Gasteiger partial charge in [-0.25, -0.2) is 13.1 Å². The third-order valence-electron chi connectivity index (χ3n) is 6.77. The lowest BCUT2D eigenvalue weighted by Crippen LogP contribution is -2.60. The zero-order chi connectivity index (χ0) is 20.4. The Morgan fingerprint density at radius 1 is 1.07 bits per heavy atom. The molecule has 2 bridgehead atoms. The van der Waals surface area contributed by atoms with E-state index in [1.165, 1.54) is 11.8 Å². The van der Waals surface area contributed by atoms with Gasteiger partial charge in [0.25, 0.3) is 0 Å². The van der Waals surface area contributed by atoms with E-state index in [0.29, 0.717) is 19.1 Å². The molecule has 4 aliphatic rings. The van der Waals surface area contributed by atoms with Crippen molar-refractivity contribution in [1.29, 1.82) is 0 Å². The monoisotopic (exact) mass is 422 g/mol. The first-order valence-electron chi connectivity index (χ1n) is 11.0. The molecule has 1 N–H and O–H groups in total. The number of hydrogen-bond acceptors (Lipinski definition) is 5. The maximum atomic E-state index is 11.9. The minimum Gasteiger partial charge on any atom is -0.492 e. The smallest absolute Gasteiger partial charge is 0.209 e. The van der Waals surface area contributed by atoms with E-state index in [-0.39, 0.29) is 24.2 Å². The molecular weight excluding hydrogens is 388 g/mol. The van der Waals surface area contributed by atoms with E-state index in [1.807, 2.05) is 6.07 Å². The summed E-state index contributed by atoms with van der Waals surface area (Å²) in [5, 5.41) is 0. The van der Waals surface area contributed by atoms with Crippen LogP contribution in [-0.2, 0) is 14.8 Å². The molecule has 1 saturated heterocycles. The van der Waals surface area contributed by atoms with E-state index in [1.54, 1.807) is 0 Å². The Labute approximate surface area is 175 Å². The molecule has 6 nitrogen and oxygen atoms in total. The lowest BCUT2D eigenvalue weighted by molar-refractivity contribution is -0.0402. The second-order valence-electron chi connectivity index (χ2n) is 8.95. The van der Waals surface area contributed by atoms with Crippen molar-refractivity contribution in [2.75, 3.05) is 26.0 Å². The highest BCUT2D eigenvalue weighted by molar-refractivity contribution is 7.88. The molecule has 2 fully saturated rings. The number of nitrogens with one attached hydrogen (secondary N) is 1. The Hall–Kier alpha value is -1.15. The number of piperidine rings is 1. The minimum atomic E-state index is -3.26. The van der Waals surface area contributed by atoms with Crippen LogP contribution in [0.1, 0.15) is 56.9 Å². The fourth-order valence-electron chi connectivity index (χ4n) is 5.29. The predicted molar refractivity (Wildman–Crippen MR) is 114 cm³/mol. The summed E-state index contributed by atoms with van der Waals surface area (Å²) in [7, 11) is -3.26. The second kappa shape index (κ2) is 8.92. The fourth-order valence-corrected chi connectivity index (χ4v) is 6.11. The SMILES string of the molecule is C[C@H]1COc2ccccc2[C@H]2CC[C@H](CC2)OC[C@H]2[C@@H](NS(C)(=O)=O)CCCN12. The van der Waals surface area contributed by atoms with Crippen molar-refractivity contribution in [2.24, 2.45) is 0 Å². The van der Waals surface area contributed by atoms with Crippen LogP contribution >= 0.6 is 0 Å². The molecule has 5 rings (SSSR count). The van der Waals surface area contributed by atoms with Crippen molar-refractivity contribution in [3.63, 3.8) is 0 Å². The zero-order valence-electron chi connectivity index (χ0n) is 17.5. The Balaban J connectivity index is 1.60. The zero-order valence-corrected chi connectivity index (χ0v) is 18.4. The quantitative estimate of drug-likeness (QED) is 0.794. The van der Waals surface area contributed by atoms with Crippen LogP contribution in [0.3, 0.4) is 0 Å². The molecule has 0 spiro atoms. The number of benzene rings is 1. The van der Waals surface area contributed by atoms with Gasteiger partial charge in [-0.1, -0.05) is 18.2 Å². The molecule has 3 heterocycles. The molecule has 1 aliphatic carbocycles. The van der Waals surface area contributed by atoms with Crippen molar-refractivity contribution < 1.29 is 17.9 Å².